The predicted octanol–water partition coefficient (Wildman–Crippen LogP) is 5.08. The van der Waals surface area contributed by atoms with Crippen LogP contribution >= 0.6 is 23.2 Å². The first-order valence-electron chi connectivity index (χ1n) is 5.70. The molecule has 2 nitrogen and oxygen atoms in total. The van der Waals surface area contributed by atoms with Crippen molar-refractivity contribution in [1.29, 1.82) is 0 Å². The van der Waals surface area contributed by atoms with Gasteiger partial charge in [0.1, 0.15) is 0 Å². The smallest absolute Gasteiger partial charge is 0.291 e. The SMILES string of the molecule is O=C(/C=C(\c1cc(Cl)cc(Cl)c1)C(F)(F)F)n1cccc1. The van der Waals surface area contributed by atoms with E-state index in [1.165, 1.54) is 30.6 Å². The van der Waals surface area contributed by atoms with Crippen molar-refractivity contribution in [3.63, 3.8) is 0 Å². The quantitative estimate of drug-likeness (QED) is 0.702. The van der Waals surface area contributed by atoms with E-state index < -0.39 is 17.7 Å². The number of allylic oxidation sites excluding steroid dienone is 2. The number of hydrogen-bond donors (Lipinski definition) is 0. The largest absolute Gasteiger partial charge is 0.417 e. The maximum absolute atomic E-state index is 13.2. The average molecular weight is 334 g/mol. The fourth-order valence-electron chi connectivity index (χ4n) is 1.72. The highest BCUT2D eigenvalue weighted by atomic mass is 35.5. The molecule has 0 spiro atoms. The molecule has 0 saturated carbocycles. The van der Waals surface area contributed by atoms with E-state index in [1.807, 2.05) is 0 Å². The summed E-state index contributed by atoms with van der Waals surface area (Å²) in [5.41, 5.74) is -1.37. The van der Waals surface area contributed by atoms with E-state index in [1.54, 1.807) is 0 Å². The van der Waals surface area contributed by atoms with Crippen molar-refractivity contribution >= 4 is 34.7 Å². The highest BCUT2D eigenvalue weighted by Gasteiger charge is 2.35. The molecule has 110 valence electrons. The lowest BCUT2D eigenvalue weighted by atomic mass is 10.0. The normalized spacial score (nSPS) is 12.5. The Hall–Kier alpha value is -1.72. The number of carbonyl (C=O) groups is 1. The number of aromatic nitrogens is 1. The molecule has 0 fully saturated rings. The Morgan fingerprint density at radius 2 is 1.57 bits per heavy atom. The van der Waals surface area contributed by atoms with Crippen molar-refractivity contribution in [2.75, 3.05) is 0 Å². The van der Waals surface area contributed by atoms with Crippen molar-refractivity contribution in [2.45, 2.75) is 6.18 Å². The minimum atomic E-state index is -4.71. The summed E-state index contributed by atoms with van der Waals surface area (Å²) in [5.74, 6) is -0.816. The van der Waals surface area contributed by atoms with Gasteiger partial charge in [0.05, 0.1) is 5.57 Å². The molecular formula is C14H8Cl2F3NO. The molecule has 0 aliphatic rings. The van der Waals surface area contributed by atoms with Crippen LogP contribution in [-0.4, -0.2) is 16.7 Å². The lowest BCUT2D eigenvalue weighted by Crippen LogP contribution is -2.14. The number of carbonyl (C=O) groups excluding carboxylic acids is 1. The van der Waals surface area contributed by atoms with E-state index in [0.29, 0.717) is 6.08 Å². The van der Waals surface area contributed by atoms with Crippen molar-refractivity contribution in [2.24, 2.45) is 0 Å². The number of hydrogen-bond acceptors (Lipinski definition) is 1. The van der Waals surface area contributed by atoms with Crippen LogP contribution in [0.4, 0.5) is 13.2 Å². The van der Waals surface area contributed by atoms with Crippen LogP contribution in [0.5, 0.6) is 0 Å². The Balaban J connectivity index is 2.51. The molecule has 0 N–H and O–H groups in total. The van der Waals surface area contributed by atoms with Crippen LogP contribution in [-0.2, 0) is 0 Å². The van der Waals surface area contributed by atoms with E-state index in [-0.39, 0.29) is 15.6 Å². The van der Waals surface area contributed by atoms with Crippen molar-refractivity contribution < 1.29 is 18.0 Å². The minimum Gasteiger partial charge on any atom is -0.291 e. The Morgan fingerprint density at radius 1 is 1.05 bits per heavy atom. The van der Waals surface area contributed by atoms with Gasteiger partial charge in [0.2, 0.25) is 0 Å². The second kappa shape index (κ2) is 5.95. The molecule has 1 heterocycles. The summed E-state index contributed by atoms with van der Waals surface area (Å²) in [7, 11) is 0. The summed E-state index contributed by atoms with van der Waals surface area (Å²) in [6, 6.07) is 6.60. The molecule has 1 aromatic heterocycles. The van der Waals surface area contributed by atoms with Crippen LogP contribution in [0.25, 0.3) is 5.57 Å². The van der Waals surface area contributed by atoms with Crippen LogP contribution in [0.3, 0.4) is 0 Å². The summed E-state index contributed by atoms with van der Waals surface area (Å²) in [6.07, 6.45) is -1.48. The van der Waals surface area contributed by atoms with Gasteiger partial charge in [0, 0.05) is 28.5 Å². The van der Waals surface area contributed by atoms with Crippen molar-refractivity contribution in [3.05, 3.63) is 64.4 Å². The maximum atomic E-state index is 13.2. The Kier molecular flexibility index (Phi) is 4.44. The minimum absolute atomic E-state index is 0.0565. The molecule has 0 saturated heterocycles. The zero-order chi connectivity index (χ0) is 15.6. The van der Waals surface area contributed by atoms with Gasteiger partial charge in [-0.2, -0.15) is 13.2 Å². The zero-order valence-electron chi connectivity index (χ0n) is 10.4. The van der Waals surface area contributed by atoms with Crippen LogP contribution in [0.2, 0.25) is 10.0 Å². The second-order valence-electron chi connectivity index (χ2n) is 4.14. The first-order valence-corrected chi connectivity index (χ1v) is 6.45. The highest BCUT2D eigenvalue weighted by Crippen LogP contribution is 2.36. The molecular weight excluding hydrogens is 326 g/mol. The van der Waals surface area contributed by atoms with E-state index >= 15 is 0 Å². The summed E-state index contributed by atoms with van der Waals surface area (Å²) in [4.78, 5) is 11.8. The lowest BCUT2D eigenvalue weighted by molar-refractivity contribution is -0.0690. The topological polar surface area (TPSA) is 22.0 Å². The Bertz CT molecular complexity index is 670. The van der Waals surface area contributed by atoms with Crippen molar-refractivity contribution in [1.82, 2.24) is 4.57 Å². The molecule has 0 aliphatic heterocycles. The summed E-state index contributed by atoms with van der Waals surface area (Å²) in [6.45, 7) is 0. The first-order chi connectivity index (χ1) is 9.77. The summed E-state index contributed by atoms with van der Waals surface area (Å²) >= 11 is 11.4. The third-order valence-electron chi connectivity index (χ3n) is 2.61. The molecule has 0 bridgehead atoms. The molecule has 0 aliphatic carbocycles. The van der Waals surface area contributed by atoms with Crippen LogP contribution < -0.4 is 0 Å². The third-order valence-corrected chi connectivity index (χ3v) is 3.04. The molecule has 7 heteroatoms. The van der Waals surface area contributed by atoms with E-state index in [9.17, 15) is 18.0 Å². The molecule has 2 rings (SSSR count). The average Bonchev–Trinajstić information content (AvgIpc) is 2.86. The second-order valence-corrected chi connectivity index (χ2v) is 5.02. The fraction of sp³-hybridized carbons (Fsp3) is 0.0714. The molecule has 0 radical (unpaired) electrons. The third kappa shape index (κ3) is 3.89. The molecule has 0 amide bonds. The standard InChI is InChI=1S/C14H8Cl2F3NO/c15-10-5-9(6-11(16)7-10)12(14(17,18)19)8-13(21)20-3-1-2-4-20/h1-8H/b12-8+. The zero-order valence-corrected chi connectivity index (χ0v) is 11.9. The number of alkyl halides is 3. The summed E-state index contributed by atoms with van der Waals surface area (Å²) in [5, 5.41) is 0.113. The number of benzene rings is 1. The van der Waals surface area contributed by atoms with Gasteiger partial charge < -0.3 is 0 Å². The number of nitrogens with zero attached hydrogens (tertiary/aromatic N) is 1. The van der Waals surface area contributed by atoms with E-state index in [4.69, 9.17) is 23.2 Å². The van der Waals surface area contributed by atoms with Gasteiger partial charge in [0.25, 0.3) is 5.91 Å². The summed E-state index contributed by atoms with van der Waals surface area (Å²) < 4.78 is 40.5. The lowest BCUT2D eigenvalue weighted by Gasteiger charge is -2.13. The van der Waals surface area contributed by atoms with Crippen LogP contribution in [0, 0.1) is 0 Å². The van der Waals surface area contributed by atoms with Gasteiger partial charge in [-0.3, -0.25) is 9.36 Å². The van der Waals surface area contributed by atoms with Crippen LogP contribution in [0.1, 0.15) is 10.4 Å². The van der Waals surface area contributed by atoms with Gasteiger partial charge in [-0.1, -0.05) is 23.2 Å². The first kappa shape index (κ1) is 15.7. The van der Waals surface area contributed by atoms with Gasteiger partial charge in [-0.15, -0.1) is 0 Å². The fourth-order valence-corrected chi connectivity index (χ4v) is 2.24. The molecule has 0 atom stereocenters. The number of halogens is 5. The maximum Gasteiger partial charge on any atom is 0.417 e. The van der Waals surface area contributed by atoms with Gasteiger partial charge in [-0.05, 0) is 35.9 Å². The molecule has 0 unspecified atom stereocenters. The van der Waals surface area contributed by atoms with E-state index in [0.717, 1.165) is 16.7 Å². The highest BCUT2D eigenvalue weighted by molar-refractivity contribution is 6.34. The van der Waals surface area contributed by atoms with Gasteiger partial charge in [-0.25, -0.2) is 0 Å². The Labute approximate surface area is 128 Å². The molecule has 2 aromatic rings. The van der Waals surface area contributed by atoms with E-state index in [2.05, 4.69) is 0 Å². The number of rotatable bonds is 2. The molecule has 21 heavy (non-hydrogen) atoms. The van der Waals surface area contributed by atoms with Gasteiger partial charge in [0.15, 0.2) is 0 Å². The van der Waals surface area contributed by atoms with Gasteiger partial charge >= 0.3 is 6.18 Å². The Morgan fingerprint density at radius 3 is 2.05 bits per heavy atom. The predicted molar refractivity (Wildman–Crippen MR) is 75.6 cm³/mol. The monoisotopic (exact) mass is 333 g/mol. The van der Waals surface area contributed by atoms with Crippen LogP contribution in [0.15, 0.2) is 48.8 Å². The molecule has 1 aromatic carbocycles. The van der Waals surface area contributed by atoms with Crippen molar-refractivity contribution in [3.8, 4) is 0 Å².